The normalized spacial score (nSPS) is 10.9. The fourth-order valence-electron chi connectivity index (χ4n) is 2.38. The predicted molar refractivity (Wildman–Crippen MR) is 90.7 cm³/mol. The van der Waals surface area contributed by atoms with Crippen molar-refractivity contribution in [2.75, 3.05) is 7.11 Å². The van der Waals surface area contributed by atoms with E-state index in [1.54, 1.807) is 36.5 Å². The summed E-state index contributed by atoms with van der Waals surface area (Å²) >= 11 is 6.16. The molecule has 0 unspecified atom stereocenters. The summed E-state index contributed by atoms with van der Waals surface area (Å²) in [5, 5.41) is 1.38. The molecule has 0 amide bonds. The minimum absolute atomic E-state index is 0.0279. The van der Waals surface area contributed by atoms with Crippen molar-refractivity contribution >= 4 is 22.5 Å². The first-order chi connectivity index (χ1) is 12.1. The number of nitrogens with zero attached hydrogens (tertiary/aromatic N) is 1. The Bertz CT molecular complexity index is 889. The van der Waals surface area contributed by atoms with Gasteiger partial charge in [-0.2, -0.15) is 8.78 Å². The number of hydrogen-bond donors (Lipinski definition) is 0. The second kappa shape index (κ2) is 7.53. The van der Waals surface area contributed by atoms with Crippen LogP contribution in [-0.4, -0.2) is 18.7 Å². The number of pyridine rings is 1. The van der Waals surface area contributed by atoms with Crippen LogP contribution in [0.4, 0.5) is 8.78 Å². The van der Waals surface area contributed by atoms with Crippen molar-refractivity contribution in [1.29, 1.82) is 0 Å². The maximum atomic E-state index is 12.4. The van der Waals surface area contributed by atoms with Crippen LogP contribution >= 0.6 is 11.6 Å². The Hall–Kier alpha value is -2.60. The second-order valence-electron chi connectivity index (χ2n) is 5.10. The molecule has 0 radical (unpaired) electrons. The average Bonchev–Trinajstić information content (AvgIpc) is 2.62. The Morgan fingerprint density at radius 2 is 1.88 bits per heavy atom. The molecule has 0 bridgehead atoms. The predicted octanol–water partition coefficient (Wildman–Crippen LogP) is 5.08. The van der Waals surface area contributed by atoms with Gasteiger partial charge < -0.3 is 14.2 Å². The first kappa shape index (κ1) is 17.2. The van der Waals surface area contributed by atoms with Crippen molar-refractivity contribution in [2.45, 2.75) is 13.2 Å². The Kier molecular flexibility index (Phi) is 5.19. The standard InChI is InChI=1S/C18H14ClF2NO3/c1-23-16-9-11(4-6-14(16)25-18(20)21)10-24-15-7-5-13(19)12-3-2-8-22-17(12)15/h2-9,18H,10H2,1H3. The largest absolute Gasteiger partial charge is 0.493 e. The van der Waals surface area contributed by atoms with E-state index in [-0.39, 0.29) is 18.1 Å². The van der Waals surface area contributed by atoms with Crippen molar-refractivity contribution in [3.8, 4) is 17.2 Å². The number of fused-ring (bicyclic) bond motifs is 1. The molecule has 7 heteroatoms. The van der Waals surface area contributed by atoms with Gasteiger partial charge in [0.15, 0.2) is 11.5 Å². The van der Waals surface area contributed by atoms with Gasteiger partial charge in [0.25, 0.3) is 0 Å². The van der Waals surface area contributed by atoms with Gasteiger partial charge in [0.2, 0.25) is 0 Å². The van der Waals surface area contributed by atoms with Crippen molar-refractivity contribution in [2.24, 2.45) is 0 Å². The molecule has 4 nitrogen and oxygen atoms in total. The fourth-order valence-corrected chi connectivity index (χ4v) is 2.60. The highest BCUT2D eigenvalue weighted by Gasteiger charge is 2.12. The molecule has 0 atom stereocenters. The van der Waals surface area contributed by atoms with Gasteiger partial charge in [0, 0.05) is 11.6 Å². The zero-order valence-electron chi connectivity index (χ0n) is 13.2. The smallest absolute Gasteiger partial charge is 0.387 e. The van der Waals surface area contributed by atoms with Gasteiger partial charge in [-0.15, -0.1) is 0 Å². The molecule has 25 heavy (non-hydrogen) atoms. The lowest BCUT2D eigenvalue weighted by atomic mass is 10.2. The molecule has 0 aliphatic heterocycles. The third-order valence-electron chi connectivity index (χ3n) is 3.52. The molecule has 1 heterocycles. The van der Waals surface area contributed by atoms with Crippen LogP contribution in [0.1, 0.15) is 5.56 Å². The summed E-state index contributed by atoms with van der Waals surface area (Å²) in [6.07, 6.45) is 1.66. The number of ether oxygens (including phenoxy) is 3. The van der Waals surface area contributed by atoms with Crippen LogP contribution in [0, 0.1) is 0 Å². The van der Waals surface area contributed by atoms with Crippen LogP contribution < -0.4 is 14.2 Å². The van der Waals surface area contributed by atoms with Gasteiger partial charge in [-0.25, -0.2) is 0 Å². The van der Waals surface area contributed by atoms with E-state index < -0.39 is 6.61 Å². The maximum Gasteiger partial charge on any atom is 0.387 e. The van der Waals surface area contributed by atoms with Gasteiger partial charge in [0.1, 0.15) is 17.9 Å². The summed E-state index contributed by atoms with van der Waals surface area (Å²) in [5.74, 6) is 0.757. The lowest BCUT2D eigenvalue weighted by Crippen LogP contribution is -2.04. The van der Waals surface area contributed by atoms with Crippen molar-refractivity contribution in [1.82, 2.24) is 4.98 Å². The highest BCUT2D eigenvalue weighted by atomic mass is 35.5. The summed E-state index contributed by atoms with van der Waals surface area (Å²) in [4.78, 5) is 4.30. The molecule has 0 saturated heterocycles. The number of halogens is 3. The lowest BCUT2D eigenvalue weighted by molar-refractivity contribution is -0.0512. The van der Waals surface area contributed by atoms with E-state index in [1.807, 2.05) is 6.07 Å². The van der Waals surface area contributed by atoms with E-state index in [0.29, 0.717) is 16.3 Å². The number of hydrogen-bond acceptors (Lipinski definition) is 4. The molecule has 0 spiro atoms. The average molecular weight is 366 g/mol. The summed E-state index contributed by atoms with van der Waals surface area (Å²) < 4.78 is 40.0. The van der Waals surface area contributed by atoms with E-state index in [9.17, 15) is 8.78 Å². The zero-order valence-corrected chi connectivity index (χ0v) is 14.0. The minimum Gasteiger partial charge on any atom is -0.493 e. The molecule has 0 aliphatic carbocycles. The molecule has 0 saturated carbocycles. The van der Waals surface area contributed by atoms with Crippen LogP contribution in [0.5, 0.6) is 17.2 Å². The molecule has 1 aromatic heterocycles. The van der Waals surface area contributed by atoms with Crippen LogP contribution in [0.25, 0.3) is 10.9 Å². The topological polar surface area (TPSA) is 40.6 Å². The van der Waals surface area contributed by atoms with Gasteiger partial charge in [-0.1, -0.05) is 17.7 Å². The number of benzene rings is 2. The van der Waals surface area contributed by atoms with Crippen molar-refractivity contribution in [3.63, 3.8) is 0 Å². The fraction of sp³-hybridized carbons (Fsp3) is 0.167. The monoisotopic (exact) mass is 365 g/mol. The highest BCUT2D eigenvalue weighted by molar-refractivity contribution is 6.35. The van der Waals surface area contributed by atoms with E-state index in [0.717, 1.165) is 10.9 Å². The van der Waals surface area contributed by atoms with E-state index >= 15 is 0 Å². The molecule has 3 rings (SSSR count). The van der Waals surface area contributed by atoms with Gasteiger partial charge in [0.05, 0.1) is 12.1 Å². The second-order valence-corrected chi connectivity index (χ2v) is 5.50. The summed E-state index contributed by atoms with van der Waals surface area (Å²) in [6, 6.07) is 11.8. The minimum atomic E-state index is -2.91. The van der Waals surface area contributed by atoms with Crippen molar-refractivity contribution < 1.29 is 23.0 Å². The molecule has 0 aliphatic rings. The molecular formula is C18H14ClF2NO3. The molecule has 130 valence electrons. The van der Waals surface area contributed by atoms with Crippen molar-refractivity contribution in [3.05, 3.63) is 59.2 Å². The number of aromatic nitrogens is 1. The summed E-state index contributed by atoms with van der Waals surface area (Å²) in [5.41, 5.74) is 1.39. The first-order valence-corrected chi connectivity index (χ1v) is 7.74. The maximum absolute atomic E-state index is 12.4. The number of alkyl halides is 2. The highest BCUT2D eigenvalue weighted by Crippen LogP contribution is 2.32. The Morgan fingerprint density at radius 1 is 1.08 bits per heavy atom. The summed E-state index contributed by atoms with van der Waals surface area (Å²) in [6.45, 7) is -2.71. The molecule has 0 N–H and O–H groups in total. The molecule has 0 fully saturated rings. The first-order valence-electron chi connectivity index (χ1n) is 7.36. The zero-order chi connectivity index (χ0) is 17.8. The van der Waals surface area contributed by atoms with Crippen LogP contribution in [0.15, 0.2) is 48.7 Å². The Morgan fingerprint density at radius 3 is 2.64 bits per heavy atom. The van der Waals surface area contributed by atoms with Crippen LogP contribution in [-0.2, 0) is 6.61 Å². The number of methoxy groups -OCH3 is 1. The van der Waals surface area contributed by atoms with Gasteiger partial charge in [-0.3, -0.25) is 4.98 Å². The Labute approximate surface area is 147 Å². The van der Waals surface area contributed by atoms with Crippen LogP contribution in [0.3, 0.4) is 0 Å². The van der Waals surface area contributed by atoms with Gasteiger partial charge >= 0.3 is 6.61 Å². The molecule has 2 aromatic carbocycles. The van der Waals surface area contributed by atoms with Crippen LogP contribution in [0.2, 0.25) is 5.02 Å². The molecule has 3 aromatic rings. The van der Waals surface area contributed by atoms with E-state index in [1.165, 1.54) is 13.2 Å². The third-order valence-corrected chi connectivity index (χ3v) is 3.85. The lowest BCUT2D eigenvalue weighted by Gasteiger charge is -2.13. The SMILES string of the molecule is COc1cc(COc2ccc(Cl)c3cccnc23)ccc1OC(F)F. The quantitative estimate of drug-likeness (QED) is 0.611. The summed E-state index contributed by atoms with van der Waals surface area (Å²) in [7, 11) is 1.38. The third kappa shape index (κ3) is 3.91. The molecular weight excluding hydrogens is 352 g/mol. The Balaban J connectivity index is 1.81. The van der Waals surface area contributed by atoms with E-state index in [2.05, 4.69) is 9.72 Å². The van der Waals surface area contributed by atoms with Gasteiger partial charge in [-0.05, 0) is 42.0 Å². The number of rotatable bonds is 6. The van der Waals surface area contributed by atoms with E-state index in [4.69, 9.17) is 21.1 Å².